The van der Waals surface area contributed by atoms with Crippen molar-refractivity contribution >= 4 is 34.4 Å². The highest BCUT2D eigenvalue weighted by Gasteiger charge is 2.15. The molecule has 0 saturated carbocycles. The van der Waals surface area contributed by atoms with Crippen molar-refractivity contribution in [2.45, 2.75) is 6.42 Å². The van der Waals surface area contributed by atoms with Gasteiger partial charge in [-0.05, 0) is 42.3 Å². The second-order valence-electron chi connectivity index (χ2n) is 7.33. The minimum Gasteiger partial charge on any atom is -0.480 e. The predicted octanol–water partition coefficient (Wildman–Crippen LogP) is 4.40. The minimum absolute atomic E-state index is 0.0987. The number of hydrogen-bond acceptors (Lipinski definition) is 6. The van der Waals surface area contributed by atoms with Gasteiger partial charge in [-0.15, -0.1) is 0 Å². The highest BCUT2D eigenvalue weighted by molar-refractivity contribution is 6.32. The number of carbonyl (C=O) groups is 2. The van der Waals surface area contributed by atoms with E-state index in [2.05, 4.69) is 5.32 Å². The van der Waals surface area contributed by atoms with Gasteiger partial charge in [0.15, 0.2) is 6.61 Å². The Hall–Kier alpha value is -4.10. The molecule has 1 heterocycles. The van der Waals surface area contributed by atoms with E-state index in [0.717, 1.165) is 5.56 Å². The number of nitrogens with one attached hydrogen (secondary N) is 1. The maximum Gasteiger partial charge on any atom is 0.349 e. The molecule has 1 amide bonds. The molecule has 0 saturated heterocycles. The summed E-state index contributed by atoms with van der Waals surface area (Å²) < 4.78 is 15.9. The fourth-order valence-corrected chi connectivity index (χ4v) is 3.42. The third-order valence-corrected chi connectivity index (χ3v) is 5.22. The molecule has 0 bridgehead atoms. The first kappa shape index (κ1) is 23.1. The normalized spacial score (nSPS) is 10.6. The Bertz CT molecular complexity index is 1380. The number of esters is 1. The number of fused-ring (bicyclic) bond motifs is 1. The molecule has 0 radical (unpaired) electrons. The molecular weight excluding hydrogens is 458 g/mol. The molecule has 0 fully saturated rings. The molecule has 1 N–H and O–H groups in total. The van der Waals surface area contributed by atoms with Gasteiger partial charge in [-0.2, -0.15) is 0 Å². The molecule has 0 spiro atoms. The number of para-hydroxylation sites is 1. The number of ether oxygens (including phenoxy) is 2. The van der Waals surface area contributed by atoms with Gasteiger partial charge in [-0.25, -0.2) is 9.59 Å². The largest absolute Gasteiger partial charge is 0.480 e. The molecule has 172 valence electrons. The van der Waals surface area contributed by atoms with Gasteiger partial charge in [0.1, 0.15) is 22.6 Å². The SMILES string of the molecule is O=C(COc1ccccc1Cl)Oc1ccc2cc(C(=O)NCCc3ccccc3)c(=O)oc2c1. The van der Waals surface area contributed by atoms with Gasteiger partial charge in [0.05, 0.1) is 5.02 Å². The monoisotopic (exact) mass is 477 g/mol. The lowest BCUT2D eigenvalue weighted by molar-refractivity contribution is -0.136. The quantitative estimate of drug-likeness (QED) is 0.229. The van der Waals surface area contributed by atoms with Crippen molar-refractivity contribution in [2.75, 3.05) is 13.2 Å². The van der Waals surface area contributed by atoms with Crippen molar-refractivity contribution in [3.05, 3.63) is 105 Å². The van der Waals surface area contributed by atoms with Crippen molar-refractivity contribution in [1.82, 2.24) is 5.32 Å². The first-order chi connectivity index (χ1) is 16.5. The third kappa shape index (κ3) is 5.82. The summed E-state index contributed by atoms with van der Waals surface area (Å²) in [7, 11) is 0. The second-order valence-corrected chi connectivity index (χ2v) is 7.74. The Morgan fingerprint density at radius 2 is 1.71 bits per heavy atom. The number of benzene rings is 3. The molecule has 0 unspecified atom stereocenters. The van der Waals surface area contributed by atoms with Crippen LogP contribution < -0.4 is 20.4 Å². The lowest BCUT2D eigenvalue weighted by Gasteiger charge is -2.09. The summed E-state index contributed by atoms with van der Waals surface area (Å²) in [4.78, 5) is 36.9. The summed E-state index contributed by atoms with van der Waals surface area (Å²) in [6, 6.07) is 22.4. The average Bonchev–Trinajstić information content (AvgIpc) is 2.83. The third-order valence-electron chi connectivity index (χ3n) is 4.91. The van der Waals surface area contributed by atoms with Crippen LogP contribution in [0.3, 0.4) is 0 Å². The molecule has 4 aromatic rings. The lowest BCUT2D eigenvalue weighted by Crippen LogP contribution is -2.29. The van der Waals surface area contributed by atoms with E-state index in [9.17, 15) is 14.4 Å². The van der Waals surface area contributed by atoms with Crippen LogP contribution in [0.25, 0.3) is 11.0 Å². The summed E-state index contributed by atoms with van der Waals surface area (Å²) in [6.45, 7) is 0.0271. The lowest BCUT2D eigenvalue weighted by atomic mass is 10.1. The van der Waals surface area contributed by atoms with Crippen LogP contribution in [0.1, 0.15) is 15.9 Å². The maximum absolute atomic E-state index is 12.5. The predicted molar refractivity (Wildman–Crippen MR) is 128 cm³/mol. The Kier molecular flexibility index (Phi) is 7.25. The van der Waals surface area contributed by atoms with Crippen molar-refractivity contribution in [3.63, 3.8) is 0 Å². The van der Waals surface area contributed by atoms with E-state index in [4.69, 9.17) is 25.5 Å². The van der Waals surface area contributed by atoms with Crippen LogP contribution in [0.2, 0.25) is 5.02 Å². The van der Waals surface area contributed by atoms with E-state index in [1.807, 2.05) is 30.3 Å². The van der Waals surface area contributed by atoms with E-state index in [0.29, 0.717) is 29.1 Å². The zero-order valence-corrected chi connectivity index (χ0v) is 18.7. The van der Waals surface area contributed by atoms with Crippen molar-refractivity contribution in [3.8, 4) is 11.5 Å². The van der Waals surface area contributed by atoms with Crippen molar-refractivity contribution in [1.29, 1.82) is 0 Å². The Balaban J connectivity index is 1.38. The second kappa shape index (κ2) is 10.7. The van der Waals surface area contributed by atoms with Crippen LogP contribution in [0.5, 0.6) is 11.5 Å². The van der Waals surface area contributed by atoms with Gasteiger partial charge in [-0.1, -0.05) is 54.1 Å². The Morgan fingerprint density at radius 1 is 0.941 bits per heavy atom. The molecule has 4 rings (SSSR count). The topological polar surface area (TPSA) is 94.8 Å². The standard InChI is InChI=1S/C26H20ClNO6/c27-21-8-4-5-9-22(21)32-16-24(29)33-19-11-10-18-14-20(26(31)34-23(18)15-19)25(30)28-13-12-17-6-2-1-3-7-17/h1-11,14-15H,12-13,16H2,(H,28,30). The fourth-order valence-electron chi connectivity index (χ4n) is 3.23. The number of halogens is 1. The van der Waals surface area contributed by atoms with Crippen LogP contribution in [-0.4, -0.2) is 25.0 Å². The Morgan fingerprint density at radius 3 is 2.50 bits per heavy atom. The van der Waals surface area contributed by atoms with E-state index in [1.54, 1.807) is 30.3 Å². The zero-order valence-electron chi connectivity index (χ0n) is 18.0. The van der Waals surface area contributed by atoms with Gasteiger partial charge in [0.2, 0.25) is 0 Å². The molecule has 1 aromatic heterocycles. The highest BCUT2D eigenvalue weighted by atomic mass is 35.5. The first-order valence-corrected chi connectivity index (χ1v) is 10.9. The van der Waals surface area contributed by atoms with E-state index >= 15 is 0 Å². The number of carbonyl (C=O) groups excluding carboxylic acids is 2. The summed E-state index contributed by atoms with van der Waals surface area (Å²) >= 11 is 5.99. The molecular formula is C26H20ClNO6. The van der Waals surface area contributed by atoms with E-state index in [-0.39, 0.29) is 23.5 Å². The Labute approximate surface area is 199 Å². The number of hydrogen-bond donors (Lipinski definition) is 1. The summed E-state index contributed by atoms with van der Waals surface area (Å²) in [5.41, 5.74) is 0.379. The molecule has 7 nitrogen and oxygen atoms in total. The molecule has 0 aliphatic rings. The minimum atomic E-state index is -0.782. The van der Waals surface area contributed by atoms with Crippen molar-refractivity contribution in [2.24, 2.45) is 0 Å². The number of amides is 1. The van der Waals surface area contributed by atoms with Gasteiger partial charge in [0, 0.05) is 18.0 Å². The summed E-state index contributed by atoms with van der Waals surface area (Å²) in [6.07, 6.45) is 0.639. The molecule has 0 atom stereocenters. The van der Waals surface area contributed by atoms with Crippen LogP contribution in [0, 0.1) is 0 Å². The number of rotatable bonds is 8. The molecule has 0 aliphatic carbocycles. The molecule has 8 heteroatoms. The van der Waals surface area contributed by atoms with Crippen LogP contribution in [-0.2, 0) is 11.2 Å². The molecule has 3 aromatic carbocycles. The van der Waals surface area contributed by atoms with E-state index in [1.165, 1.54) is 18.2 Å². The van der Waals surface area contributed by atoms with Gasteiger partial charge in [-0.3, -0.25) is 4.79 Å². The van der Waals surface area contributed by atoms with Gasteiger partial charge < -0.3 is 19.2 Å². The van der Waals surface area contributed by atoms with Crippen LogP contribution in [0.4, 0.5) is 0 Å². The maximum atomic E-state index is 12.5. The van der Waals surface area contributed by atoms with Crippen LogP contribution >= 0.6 is 11.6 Å². The van der Waals surface area contributed by atoms with Crippen LogP contribution in [0.15, 0.2) is 88.1 Å². The fraction of sp³-hybridized carbons (Fsp3) is 0.115. The van der Waals surface area contributed by atoms with Crippen molar-refractivity contribution < 1.29 is 23.5 Å². The van der Waals surface area contributed by atoms with Gasteiger partial charge in [0.25, 0.3) is 5.91 Å². The van der Waals surface area contributed by atoms with E-state index < -0.39 is 17.5 Å². The highest BCUT2D eigenvalue weighted by Crippen LogP contribution is 2.24. The first-order valence-electron chi connectivity index (χ1n) is 10.5. The summed E-state index contributed by atoms with van der Waals surface area (Å²) in [5, 5.41) is 3.62. The average molecular weight is 478 g/mol. The summed E-state index contributed by atoms with van der Waals surface area (Å²) in [5.74, 6) is -0.640. The molecule has 0 aliphatic heterocycles. The van der Waals surface area contributed by atoms with Gasteiger partial charge >= 0.3 is 11.6 Å². The molecule has 34 heavy (non-hydrogen) atoms. The smallest absolute Gasteiger partial charge is 0.349 e. The zero-order chi connectivity index (χ0) is 23.9.